The summed E-state index contributed by atoms with van der Waals surface area (Å²) >= 11 is 9.15. The number of nitrogens with zero attached hydrogens (tertiary/aromatic N) is 2. The molecule has 0 aliphatic heterocycles. The van der Waals surface area contributed by atoms with Crippen LogP contribution in [0.2, 0.25) is 5.02 Å². The summed E-state index contributed by atoms with van der Waals surface area (Å²) in [5.41, 5.74) is 2.86. The highest BCUT2D eigenvalue weighted by molar-refractivity contribution is 7.13. The first-order valence-corrected chi connectivity index (χ1v) is 10.5. The molecule has 0 saturated heterocycles. The molecule has 0 saturated carbocycles. The predicted molar refractivity (Wildman–Crippen MR) is 112 cm³/mol. The fraction of sp³-hybridized carbons (Fsp3) is 0.100. The zero-order valence-corrected chi connectivity index (χ0v) is 16.7. The molecule has 0 bridgehead atoms. The SMILES string of the molecule is O=C(Cn1cccc1-c1nc(-c2ccc(Cl)cc2)cs1)NCc1cccs1. The van der Waals surface area contributed by atoms with E-state index in [2.05, 4.69) is 5.32 Å². The van der Waals surface area contributed by atoms with Crippen LogP contribution in [-0.4, -0.2) is 15.5 Å². The standard InChI is InChI=1S/C20H16ClN3OS2/c21-15-7-5-14(6-8-15)17-13-27-20(23-17)18-4-1-9-24(18)12-19(25)22-11-16-3-2-10-26-16/h1-10,13H,11-12H2,(H,22,25). The molecule has 1 amide bonds. The highest BCUT2D eigenvalue weighted by atomic mass is 35.5. The summed E-state index contributed by atoms with van der Waals surface area (Å²) in [5.74, 6) is -0.0182. The second kappa shape index (κ2) is 8.08. The second-order valence-corrected chi connectivity index (χ2v) is 8.25. The molecule has 0 aliphatic carbocycles. The summed E-state index contributed by atoms with van der Waals surface area (Å²) in [5, 5.41) is 8.58. The van der Waals surface area contributed by atoms with Gasteiger partial charge in [-0.05, 0) is 35.7 Å². The number of thiazole rings is 1. The Balaban J connectivity index is 1.47. The Kier molecular flexibility index (Phi) is 5.38. The minimum absolute atomic E-state index is 0.0182. The van der Waals surface area contributed by atoms with Crippen LogP contribution < -0.4 is 5.32 Å². The van der Waals surface area contributed by atoms with Crippen molar-refractivity contribution in [3.05, 3.63) is 75.4 Å². The number of nitrogens with one attached hydrogen (secondary N) is 1. The van der Waals surface area contributed by atoms with E-state index >= 15 is 0 Å². The van der Waals surface area contributed by atoms with Crippen LogP contribution in [0.1, 0.15) is 4.88 Å². The predicted octanol–water partition coefficient (Wildman–Crippen LogP) is 5.31. The lowest BCUT2D eigenvalue weighted by molar-refractivity contribution is -0.121. The number of rotatable bonds is 6. The molecule has 3 heterocycles. The van der Waals surface area contributed by atoms with Gasteiger partial charge in [0.1, 0.15) is 11.6 Å². The van der Waals surface area contributed by atoms with Gasteiger partial charge in [0.05, 0.1) is 17.9 Å². The van der Waals surface area contributed by atoms with Crippen molar-refractivity contribution in [2.24, 2.45) is 0 Å². The summed E-state index contributed by atoms with van der Waals surface area (Å²) in [6.07, 6.45) is 1.91. The number of aromatic nitrogens is 2. The third-order valence-electron chi connectivity index (χ3n) is 4.05. The van der Waals surface area contributed by atoms with E-state index in [4.69, 9.17) is 16.6 Å². The molecule has 4 aromatic rings. The van der Waals surface area contributed by atoms with Crippen molar-refractivity contribution in [1.82, 2.24) is 14.9 Å². The van der Waals surface area contributed by atoms with Gasteiger partial charge in [0.15, 0.2) is 0 Å². The molecular weight excluding hydrogens is 398 g/mol. The van der Waals surface area contributed by atoms with Gasteiger partial charge in [-0.1, -0.05) is 29.8 Å². The molecule has 1 N–H and O–H groups in total. The fourth-order valence-corrected chi connectivity index (χ4v) is 4.34. The van der Waals surface area contributed by atoms with Crippen molar-refractivity contribution in [3.8, 4) is 22.0 Å². The van der Waals surface area contributed by atoms with Crippen molar-refractivity contribution < 1.29 is 4.79 Å². The highest BCUT2D eigenvalue weighted by Gasteiger charge is 2.12. The highest BCUT2D eigenvalue weighted by Crippen LogP contribution is 2.29. The first-order chi connectivity index (χ1) is 13.2. The topological polar surface area (TPSA) is 46.9 Å². The van der Waals surface area contributed by atoms with E-state index in [9.17, 15) is 4.79 Å². The lowest BCUT2D eigenvalue weighted by Gasteiger charge is -2.08. The Bertz CT molecular complexity index is 1040. The van der Waals surface area contributed by atoms with E-state index in [1.807, 2.05) is 70.1 Å². The Morgan fingerprint density at radius 3 is 2.74 bits per heavy atom. The van der Waals surface area contributed by atoms with Gasteiger partial charge in [0.25, 0.3) is 0 Å². The maximum atomic E-state index is 12.3. The van der Waals surface area contributed by atoms with E-state index in [1.54, 1.807) is 22.7 Å². The number of hydrogen-bond acceptors (Lipinski definition) is 4. The number of halogens is 1. The number of carbonyl (C=O) groups excluding carboxylic acids is 1. The summed E-state index contributed by atoms with van der Waals surface area (Å²) in [6.45, 7) is 0.828. The van der Waals surface area contributed by atoms with Crippen molar-refractivity contribution >= 4 is 40.2 Å². The maximum absolute atomic E-state index is 12.3. The normalized spacial score (nSPS) is 10.9. The van der Waals surface area contributed by atoms with Gasteiger partial charge < -0.3 is 9.88 Å². The molecule has 0 atom stereocenters. The molecule has 27 heavy (non-hydrogen) atoms. The van der Waals surface area contributed by atoms with Crippen LogP contribution >= 0.6 is 34.3 Å². The summed E-state index contributed by atoms with van der Waals surface area (Å²) < 4.78 is 1.92. The lowest BCUT2D eigenvalue weighted by atomic mass is 10.2. The van der Waals surface area contributed by atoms with E-state index in [0.717, 1.165) is 26.8 Å². The average Bonchev–Trinajstić information content (AvgIpc) is 3.42. The van der Waals surface area contributed by atoms with Crippen LogP contribution in [0.15, 0.2) is 65.5 Å². The first kappa shape index (κ1) is 18.0. The molecule has 7 heteroatoms. The molecule has 0 unspecified atom stereocenters. The van der Waals surface area contributed by atoms with Crippen LogP contribution in [0.5, 0.6) is 0 Å². The van der Waals surface area contributed by atoms with Gasteiger partial charge >= 0.3 is 0 Å². The van der Waals surface area contributed by atoms with Crippen LogP contribution in [0, 0.1) is 0 Å². The van der Waals surface area contributed by atoms with Crippen molar-refractivity contribution in [1.29, 1.82) is 0 Å². The van der Waals surface area contributed by atoms with Gasteiger partial charge in [-0.2, -0.15) is 0 Å². The van der Waals surface area contributed by atoms with Gasteiger partial charge in [-0.3, -0.25) is 4.79 Å². The van der Waals surface area contributed by atoms with Crippen molar-refractivity contribution in [3.63, 3.8) is 0 Å². The minimum Gasteiger partial charge on any atom is -0.350 e. The van der Waals surface area contributed by atoms with Crippen LogP contribution in [0.25, 0.3) is 22.0 Å². The summed E-state index contributed by atoms with van der Waals surface area (Å²) in [4.78, 5) is 18.2. The molecule has 0 spiro atoms. The Morgan fingerprint density at radius 2 is 1.96 bits per heavy atom. The van der Waals surface area contributed by atoms with Gasteiger partial charge in [-0.25, -0.2) is 4.98 Å². The number of benzene rings is 1. The minimum atomic E-state index is -0.0182. The number of thiophene rings is 1. The molecule has 0 fully saturated rings. The smallest absolute Gasteiger partial charge is 0.240 e. The third kappa shape index (κ3) is 4.30. The molecule has 4 rings (SSSR count). The van der Waals surface area contributed by atoms with Crippen LogP contribution in [-0.2, 0) is 17.9 Å². The Morgan fingerprint density at radius 1 is 1.11 bits per heavy atom. The van der Waals surface area contributed by atoms with E-state index in [1.165, 1.54) is 0 Å². The Labute approximate surface area is 170 Å². The third-order valence-corrected chi connectivity index (χ3v) is 6.04. The molecule has 1 aromatic carbocycles. The lowest BCUT2D eigenvalue weighted by Crippen LogP contribution is -2.26. The van der Waals surface area contributed by atoms with Crippen LogP contribution in [0.3, 0.4) is 0 Å². The van der Waals surface area contributed by atoms with Gasteiger partial charge in [0.2, 0.25) is 5.91 Å². The zero-order chi connectivity index (χ0) is 18.6. The summed E-state index contributed by atoms with van der Waals surface area (Å²) in [6, 6.07) is 15.5. The van der Waals surface area contributed by atoms with Crippen molar-refractivity contribution in [2.75, 3.05) is 0 Å². The van der Waals surface area contributed by atoms with Crippen LogP contribution in [0.4, 0.5) is 0 Å². The zero-order valence-electron chi connectivity index (χ0n) is 14.3. The molecular formula is C20H16ClN3OS2. The maximum Gasteiger partial charge on any atom is 0.240 e. The Hall–Kier alpha value is -2.41. The second-order valence-electron chi connectivity index (χ2n) is 5.92. The number of carbonyl (C=O) groups is 1. The molecule has 4 nitrogen and oxygen atoms in total. The van der Waals surface area contributed by atoms with E-state index in [0.29, 0.717) is 11.6 Å². The van der Waals surface area contributed by atoms with E-state index < -0.39 is 0 Å². The van der Waals surface area contributed by atoms with E-state index in [-0.39, 0.29) is 12.5 Å². The monoisotopic (exact) mass is 413 g/mol. The quantitative estimate of drug-likeness (QED) is 0.465. The molecule has 0 aliphatic rings. The fourth-order valence-electron chi connectivity index (χ4n) is 2.70. The first-order valence-electron chi connectivity index (χ1n) is 8.35. The molecule has 0 radical (unpaired) electrons. The summed E-state index contributed by atoms with van der Waals surface area (Å²) in [7, 11) is 0. The number of hydrogen-bond donors (Lipinski definition) is 1. The molecule has 136 valence electrons. The number of amides is 1. The largest absolute Gasteiger partial charge is 0.350 e. The average molecular weight is 414 g/mol. The van der Waals surface area contributed by atoms with Gasteiger partial charge in [0, 0.05) is 27.0 Å². The van der Waals surface area contributed by atoms with Gasteiger partial charge in [-0.15, -0.1) is 22.7 Å². The van der Waals surface area contributed by atoms with Crippen molar-refractivity contribution in [2.45, 2.75) is 13.1 Å². The molecule has 3 aromatic heterocycles.